The van der Waals surface area contributed by atoms with E-state index in [4.69, 9.17) is 10.8 Å². The SMILES string of the molecule is Nc1c(-c2nc3ccccc3[nH]2)nnc2cc(CO)nn12. The molecule has 4 aromatic rings. The van der Waals surface area contributed by atoms with E-state index in [0.717, 1.165) is 11.0 Å². The third-order valence-corrected chi connectivity index (χ3v) is 3.24. The minimum atomic E-state index is -0.178. The van der Waals surface area contributed by atoms with Crippen molar-refractivity contribution in [1.82, 2.24) is 29.8 Å². The van der Waals surface area contributed by atoms with Crippen molar-refractivity contribution in [2.75, 3.05) is 5.73 Å². The van der Waals surface area contributed by atoms with E-state index in [1.807, 2.05) is 24.3 Å². The summed E-state index contributed by atoms with van der Waals surface area (Å²) < 4.78 is 1.45. The lowest BCUT2D eigenvalue weighted by Crippen LogP contribution is -2.06. The van der Waals surface area contributed by atoms with Gasteiger partial charge in [0.15, 0.2) is 23.0 Å². The maximum atomic E-state index is 9.13. The Kier molecular flexibility index (Phi) is 2.39. The number of fused-ring (bicyclic) bond motifs is 2. The van der Waals surface area contributed by atoms with E-state index >= 15 is 0 Å². The zero-order valence-corrected chi connectivity index (χ0v) is 10.9. The van der Waals surface area contributed by atoms with E-state index in [2.05, 4.69) is 25.3 Å². The highest BCUT2D eigenvalue weighted by Gasteiger charge is 2.15. The quantitative estimate of drug-likeness (QED) is 0.499. The molecule has 104 valence electrons. The summed E-state index contributed by atoms with van der Waals surface area (Å²) in [5.74, 6) is 0.850. The van der Waals surface area contributed by atoms with Crippen molar-refractivity contribution in [3.63, 3.8) is 0 Å². The number of hydrogen-bond acceptors (Lipinski definition) is 6. The highest BCUT2D eigenvalue weighted by Crippen LogP contribution is 2.23. The van der Waals surface area contributed by atoms with Crippen LogP contribution in [-0.2, 0) is 6.61 Å². The van der Waals surface area contributed by atoms with E-state index < -0.39 is 0 Å². The molecule has 4 N–H and O–H groups in total. The minimum absolute atomic E-state index is 0.178. The lowest BCUT2D eigenvalue weighted by molar-refractivity contribution is 0.276. The summed E-state index contributed by atoms with van der Waals surface area (Å²) in [4.78, 5) is 7.60. The Morgan fingerprint density at radius 3 is 2.90 bits per heavy atom. The zero-order valence-electron chi connectivity index (χ0n) is 10.9. The van der Waals surface area contributed by atoms with Crippen LogP contribution in [0, 0.1) is 0 Å². The second kappa shape index (κ2) is 4.25. The van der Waals surface area contributed by atoms with Gasteiger partial charge in [-0.3, -0.25) is 0 Å². The number of aliphatic hydroxyl groups excluding tert-OH is 1. The smallest absolute Gasteiger partial charge is 0.180 e. The largest absolute Gasteiger partial charge is 0.390 e. The number of nitrogens with zero attached hydrogens (tertiary/aromatic N) is 5. The third-order valence-electron chi connectivity index (χ3n) is 3.24. The van der Waals surface area contributed by atoms with Gasteiger partial charge in [0.1, 0.15) is 0 Å². The lowest BCUT2D eigenvalue weighted by atomic mass is 10.3. The molecule has 8 nitrogen and oxygen atoms in total. The lowest BCUT2D eigenvalue weighted by Gasteiger charge is -2.02. The van der Waals surface area contributed by atoms with Crippen LogP contribution >= 0.6 is 0 Å². The summed E-state index contributed by atoms with van der Waals surface area (Å²) in [7, 11) is 0. The normalized spacial score (nSPS) is 11.5. The van der Waals surface area contributed by atoms with Gasteiger partial charge in [-0.15, -0.1) is 10.2 Å². The Bertz CT molecular complexity index is 923. The van der Waals surface area contributed by atoms with Gasteiger partial charge in [-0.2, -0.15) is 9.61 Å². The van der Waals surface area contributed by atoms with Crippen molar-refractivity contribution in [2.24, 2.45) is 0 Å². The molecule has 0 radical (unpaired) electrons. The summed E-state index contributed by atoms with van der Waals surface area (Å²) in [5, 5.41) is 21.5. The molecule has 0 aliphatic rings. The Labute approximate surface area is 118 Å². The van der Waals surface area contributed by atoms with Gasteiger partial charge in [0.25, 0.3) is 0 Å². The monoisotopic (exact) mass is 281 g/mol. The van der Waals surface area contributed by atoms with Crippen LogP contribution in [0.15, 0.2) is 30.3 Å². The number of hydrogen-bond donors (Lipinski definition) is 3. The first kappa shape index (κ1) is 11.8. The molecule has 4 rings (SSSR count). The van der Waals surface area contributed by atoms with Gasteiger partial charge in [-0.25, -0.2) is 4.98 Å². The van der Waals surface area contributed by atoms with Crippen LogP contribution < -0.4 is 5.73 Å². The molecular weight excluding hydrogens is 270 g/mol. The molecule has 1 aromatic carbocycles. The number of rotatable bonds is 2. The average Bonchev–Trinajstić information content (AvgIpc) is 3.11. The second-order valence-corrected chi connectivity index (χ2v) is 4.60. The molecule has 0 aliphatic heterocycles. The topological polar surface area (TPSA) is 118 Å². The van der Waals surface area contributed by atoms with E-state index in [-0.39, 0.29) is 6.61 Å². The number of imidazole rings is 1. The van der Waals surface area contributed by atoms with E-state index in [0.29, 0.717) is 28.7 Å². The maximum absolute atomic E-state index is 9.13. The van der Waals surface area contributed by atoms with Crippen LogP contribution in [0.25, 0.3) is 28.2 Å². The van der Waals surface area contributed by atoms with Crippen molar-refractivity contribution in [3.05, 3.63) is 36.0 Å². The molecule has 3 heterocycles. The van der Waals surface area contributed by atoms with Crippen molar-refractivity contribution in [1.29, 1.82) is 0 Å². The highest BCUT2D eigenvalue weighted by atomic mass is 16.3. The van der Waals surface area contributed by atoms with Gasteiger partial charge in [0.05, 0.1) is 23.3 Å². The number of H-pyrrole nitrogens is 1. The minimum Gasteiger partial charge on any atom is -0.390 e. The molecular formula is C13H11N7O. The van der Waals surface area contributed by atoms with Crippen molar-refractivity contribution in [2.45, 2.75) is 6.61 Å². The van der Waals surface area contributed by atoms with Crippen LogP contribution in [-0.4, -0.2) is 34.9 Å². The summed E-state index contributed by atoms with van der Waals surface area (Å²) in [6.07, 6.45) is 0. The van der Waals surface area contributed by atoms with Gasteiger partial charge >= 0.3 is 0 Å². The van der Waals surface area contributed by atoms with E-state index in [1.165, 1.54) is 4.52 Å². The first-order chi connectivity index (χ1) is 10.3. The van der Waals surface area contributed by atoms with Crippen LogP contribution in [0.1, 0.15) is 5.69 Å². The number of aliphatic hydroxyl groups is 1. The van der Waals surface area contributed by atoms with Crippen LogP contribution in [0.3, 0.4) is 0 Å². The average molecular weight is 281 g/mol. The second-order valence-electron chi connectivity index (χ2n) is 4.60. The van der Waals surface area contributed by atoms with E-state index in [9.17, 15) is 0 Å². The summed E-state index contributed by atoms with van der Waals surface area (Å²) >= 11 is 0. The van der Waals surface area contributed by atoms with Crippen LogP contribution in [0.4, 0.5) is 5.82 Å². The fraction of sp³-hybridized carbons (Fsp3) is 0.0769. The first-order valence-electron chi connectivity index (χ1n) is 6.33. The predicted octanol–water partition coefficient (Wildman–Crippen LogP) is 0.742. The summed E-state index contributed by atoms with van der Waals surface area (Å²) in [6.45, 7) is -0.178. The number of nitrogens with one attached hydrogen (secondary N) is 1. The maximum Gasteiger partial charge on any atom is 0.180 e. The number of nitrogens with two attached hydrogens (primary N) is 1. The zero-order chi connectivity index (χ0) is 14.4. The Morgan fingerprint density at radius 2 is 2.10 bits per heavy atom. The predicted molar refractivity (Wildman–Crippen MR) is 76.2 cm³/mol. The number of anilines is 1. The summed E-state index contributed by atoms with van der Waals surface area (Å²) in [5.41, 5.74) is 9.20. The van der Waals surface area contributed by atoms with Crippen LogP contribution in [0.2, 0.25) is 0 Å². The molecule has 21 heavy (non-hydrogen) atoms. The number of aromatic amines is 1. The molecule has 0 atom stereocenters. The molecule has 0 unspecified atom stereocenters. The fourth-order valence-electron chi connectivity index (χ4n) is 2.23. The molecule has 0 saturated heterocycles. The Balaban J connectivity index is 1.94. The molecule has 0 saturated carbocycles. The van der Waals surface area contributed by atoms with Gasteiger partial charge in [-0.1, -0.05) is 12.1 Å². The van der Waals surface area contributed by atoms with E-state index in [1.54, 1.807) is 6.07 Å². The fourth-order valence-corrected chi connectivity index (χ4v) is 2.23. The van der Waals surface area contributed by atoms with Gasteiger partial charge in [0.2, 0.25) is 0 Å². The number of nitrogen functional groups attached to an aromatic ring is 1. The van der Waals surface area contributed by atoms with Crippen molar-refractivity contribution in [3.8, 4) is 11.5 Å². The molecule has 0 amide bonds. The molecule has 8 heteroatoms. The number of para-hydroxylation sites is 2. The Morgan fingerprint density at radius 1 is 1.24 bits per heavy atom. The summed E-state index contributed by atoms with van der Waals surface area (Å²) in [6, 6.07) is 9.28. The van der Waals surface area contributed by atoms with Gasteiger partial charge in [-0.05, 0) is 12.1 Å². The highest BCUT2D eigenvalue weighted by molar-refractivity contribution is 5.80. The molecule has 3 aromatic heterocycles. The third kappa shape index (κ3) is 1.73. The standard InChI is InChI=1S/C13H11N7O/c14-12-11(13-15-8-3-1-2-4-9(8)16-13)18-17-10-5-7(6-21)19-20(10)12/h1-5,21H,6,14H2,(H,15,16). The Hall–Kier alpha value is -3.00. The molecule has 0 spiro atoms. The molecule has 0 bridgehead atoms. The van der Waals surface area contributed by atoms with Crippen molar-refractivity contribution >= 4 is 22.5 Å². The first-order valence-corrected chi connectivity index (χ1v) is 6.33. The van der Waals surface area contributed by atoms with Crippen LogP contribution in [0.5, 0.6) is 0 Å². The number of aromatic nitrogens is 6. The van der Waals surface area contributed by atoms with Crippen molar-refractivity contribution < 1.29 is 5.11 Å². The van der Waals surface area contributed by atoms with Gasteiger partial charge in [0, 0.05) is 6.07 Å². The molecule has 0 aliphatic carbocycles. The van der Waals surface area contributed by atoms with Gasteiger partial charge < -0.3 is 15.8 Å². The molecule has 0 fully saturated rings. The number of benzene rings is 1.